The molecular weight excluding hydrogens is 399 g/mol. The molecule has 4 aromatic carbocycles. The molecule has 0 heterocycles. The van der Waals surface area contributed by atoms with Gasteiger partial charge >= 0.3 is 171 Å². The van der Waals surface area contributed by atoms with Gasteiger partial charge in [-0.15, -0.1) is 0 Å². The summed E-state index contributed by atoms with van der Waals surface area (Å²) in [7, 11) is -4.67. The Labute approximate surface area is 171 Å². The van der Waals surface area contributed by atoms with Crippen LogP contribution in [0.25, 0.3) is 0 Å². The van der Waals surface area contributed by atoms with Crippen LogP contribution in [0.15, 0.2) is 121 Å². The molecule has 5 heteroatoms. The normalized spacial score (nSPS) is 13.3. The van der Waals surface area contributed by atoms with Crippen LogP contribution >= 0.6 is 5.81 Å². The zero-order valence-corrected chi connectivity index (χ0v) is 17.4. The third-order valence-electron chi connectivity index (χ3n) is 5.46. The predicted molar refractivity (Wildman–Crippen MR) is 123 cm³/mol. The number of rotatable bonds is 5. The Kier molecular flexibility index (Phi) is 4.87. The predicted octanol–water partition coefficient (Wildman–Crippen LogP) is 3.64. The molecule has 0 aliphatic carbocycles. The summed E-state index contributed by atoms with van der Waals surface area (Å²) < 4.78 is 38.8. The molecule has 4 aromatic rings. The molecule has 1 N–H and O–H groups in total. The van der Waals surface area contributed by atoms with Crippen LogP contribution in [-0.4, -0.2) is 13.0 Å². The van der Waals surface area contributed by atoms with Crippen molar-refractivity contribution in [2.24, 2.45) is 0 Å². The first-order chi connectivity index (χ1) is 14.0. The first kappa shape index (κ1) is 19.5. The monoisotopic (exact) mass is 420 g/mol. The van der Waals surface area contributed by atoms with Gasteiger partial charge in [0.25, 0.3) is 0 Å². The number of hydrogen-bond acceptors (Lipinski definition) is 2. The third kappa shape index (κ3) is 2.54. The topological polar surface area (TPSA) is 54.4 Å². The van der Waals surface area contributed by atoms with Gasteiger partial charge in [-0.1, -0.05) is 0 Å². The van der Waals surface area contributed by atoms with Crippen molar-refractivity contribution in [1.82, 2.24) is 0 Å². The minimum atomic E-state index is -4.67. The Bertz CT molecular complexity index is 1040. The molecule has 0 saturated heterocycles. The molecule has 3 nitrogen and oxygen atoms in total. The minimum absolute atomic E-state index is 0.574. The van der Waals surface area contributed by atoms with Crippen molar-refractivity contribution < 1.29 is 13.0 Å². The van der Waals surface area contributed by atoms with E-state index in [4.69, 9.17) is 0 Å². The number of benzene rings is 4. The van der Waals surface area contributed by atoms with Crippen LogP contribution in [0.4, 0.5) is 0 Å². The Balaban J connectivity index is 2.41. The SMILES string of the molecule is O=S(=O)(O)P(c1ccccc1)(c1ccccc1)(c1ccccc1)c1ccccc1. The van der Waals surface area contributed by atoms with Crippen molar-refractivity contribution in [2.45, 2.75) is 0 Å². The van der Waals surface area contributed by atoms with Gasteiger partial charge in [0.2, 0.25) is 0 Å². The molecule has 0 bridgehead atoms. The molecule has 146 valence electrons. The summed E-state index contributed by atoms with van der Waals surface area (Å²) in [6, 6.07) is 36.4. The van der Waals surface area contributed by atoms with Crippen LogP contribution in [0.1, 0.15) is 0 Å². The zero-order chi connectivity index (χ0) is 20.4. The molecule has 4 rings (SSSR count). The second-order valence-electron chi connectivity index (χ2n) is 6.83. The summed E-state index contributed by atoms with van der Waals surface area (Å²) in [4.78, 5) is 0. The summed E-state index contributed by atoms with van der Waals surface area (Å²) in [5.41, 5.74) is 0. The summed E-state index contributed by atoms with van der Waals surface area (Å²) in [5.74, 6) is -4.55. The summed E-state index contributed by atoms with van der Waals surface area (Å²) in [5, 5.41) is 2.29. The van der Waals surface area contributed by atoms with Gasteiger partial charge in [0.05, 0.1) is 0 Å². The maximum atomic E-state index is 13.8. The van der Waals surface area contributed by atoms with E-state index in [0.29, 0.717) is 21.2 Å². The molecule has 0 amide bonds. The third-order valence-corrected chi connectivity index (χ3v) is 16.8. The zero-order valence-electron chi connectivity index (χ0n) is 15.7. The first-order valence-electron chi connectivity index (χ1n) is 9.24. The van der Waals surface area contributed by atoms with Gasteiger partial charge in [-0.05, 0) is 0 Å². The Morgan fingerprint density at radius 3 is 0.828 bits per heavy atom. The first-order valence-corrected chi connectivity index (χ1v) is 13.5. The van der Waals surface area contributed by atoms with Crippen molar-refractivity contribution in [2.75, 3.05) is 0 Å². The Morgan fingerprint density at radius 1 is 0.448 bits per heavy atom. The van der Waals surface area contributed by atoms with E-state index in [2.05, 4.69) is 0 Å². The second kappa shape index (κ2) is 7.23. The number of hydrogen-bond donors (Lipinski definition) is 1. The molecule has 0 atom stereocenters. The summed E-state index contributed by atoms with van der Waals surface area (Å²) in [6.07, 6.45) is 0. The standard InChI is InChI=1S/C24H21O3PS/c25-29(26,27)28(21-13-5-1-6-14-21,22-15-7-2-8-16-22,23-17-9-3-10-18-23)24-19-11-4-12-20-24/h1-20H,(H,25,26,27). The fourth-order valence-electron chi connectivity index (χ4n) is 4.28. The van der Waals surface area contributed by atoms with Crippen molar-refractivity contribution >= 4 is 36.8 Å². The van der Waals surface area contributed by atoms with Crippen LogP contribution in [0.5, 0.6) is 0 Å². The fourth-order valence-corrected chi connectivity index (χ4v) is 14.8. The fraction of sp³-hybridized carbons (Fsp3) is 0. The average Bonchev–Trinajstić information content (AvgIpc) is 2.77. The van der Waals surface area contributed by atoms with E-state index in [1.54, 1.807) is 48.5 Å². The van der Waals surface area contributed by atoms with Crippen molar-refractivity contribution in [3.8, 4) is 0 Å². The van der Waals surface area contributed by atoms with Crippen molar-refractivity contribution in [3.05, 3.63) is 121 Å². The molecule has 0 fully saturated rings. The molecule has 0 spiro atoms. The van der Waals surface area contributed by atoms with Gasteiger partial charge in [-0.2, -0.15) is 0 Å². The van der Waals surface area contributed by atoms with E-state index in [1.807, 2.05) is 72.8 Å². The molecular formula is C24H21O3PS. The van der Waals surface area contributed by atoms with Gasteiger partial charge in [0.15, 0.2) is 0 Å². The van der Waals surface area contributed by atoms with Gasteiger partial charge in [-0.25, -0.2) is 0 Å². The van der Waals surface area contributed by atoms with E-state index < -0.39 is 15.5 Å². The molecule has 0 aromatic heterocycles. The van der Waals surface area contributed by atoms with Crippen LogP contribution in [0.2, 0.25) is 0 Å². The quantitative estimate of drug-likeness (QED) is 0.396. The molecule has 0 radical (unpaired) electrons. The molecule has 29 heavy (non-hydrogen) atoms. The Hall–Kier alpha value is -2.78. The van der Waals surface area contributed by atoms with Crippen LogP contribution in [-0.2, 0) is 9.74 Å². The maximum absolute atomic E-state index is 13.8. The van der Waals surface area contributed by atoms with Gasteiger partial charge in [0.1, 0.15) is 0 Å². The van der Waals surface area contributed by atoms with Crippen LogP contribution in [0, 0.1) is 0 Å². The molecule has 0 aliphatic rings. The van der Waals surface area contributed by atoms with E-state index in [1.165, 1.54) is 0 Å². The summed E-state index contributed by atoms with van der Waals surface area (Å²) >= 11 is 0. The van der Waals surface area contributed by atoms with Gasteiger partial charge in [0, 0.05) is 0 Å². The van der Waals surface area contributed by atoms with Gasteiger partial charge in [-0.3, -0.25) is 0 Å². The second-order valence-corrected chi connectivity index (χ2v) is 15.4. The van der Waals surface area contributed by atoms with Crippen molar-refractivity contribution in [3.63, 3.8) is 0 Å². The molecule has 0 saturated carbocycles. The van der Waals surface area contributed by atoms with E-state index in [-0.39, 0.29) is 0 Å². The summed E-state index contributed by atoms with van der Waals surface area (Å²) in [6.45, 7) is 0. The van der Waals surface area contributed by atoms with Gasteiger partial charge < -0.3 is 0 Å². The molecule has 0 unspecified atom stereocenters. The average molecular weight is 420 g/mol. The van der Waals surface area contributed by atoms with Crippen LogP contribution in [0.3, 0.4) is 0 Å². The van der Waals surface area contributed by atoms with E-state index >= 15 is 0 Å². The van der Waals surface area contributed by atoms with Crippen molar-refractivity contribution in [1.29, 1.82) is 0 Å². The molecule has 0 aliphatic heterocycles. The van der Waals surface area contributed by atoms with Crippen LogP contribution < -0.4 is 21.2 Å². The van der Waals surface area contributed by atoms with E-state index in [9.17, 15) is 13.0 Å². The Morgan fingerprint density at radius 2 is 0.655 bits per heavy atom. The van der Waals surface area contributed by atoms with E-state index in [0.717, 1.165) is 0 Å².